The maximum Gasteiger partial charge on any atom is 0.0410 e. The molecule has 4 unspecified atom stereocenters. The van der Waals surface area contributed by atoms with Crippen LogP contribution >= 0.6 is 11.3 Å². The normalized spacial score (nSPS) is 28.0. The fraction of sp³-hybridized carbons (Fsp3) is 0.778. The second-order valence-corrected chi connectivity index (χ2v) is 7.85. The SMILES string of the molecule is CCCNC1CCC(C)CC1CN(C)C(C)c1cccs1. The van der Waals surface area contributed by atoms with Gasteiger partial charge in [-0.3, -0.25) is 4.90 Å². The van der Waals surface area contributed by atoms with Crippen LogP contribution in [0.3, 0.4) is 0 Å². The van der Waals surface area contributed by atoms with Gasteiger partial charge in [-0.05, 0) is 69.5 Å². The Bertz CT molecular complexity index is 388. The van der Waals surface area contributed by atoms with Crippen LogP contribution in [0, 0.1) is 11.8 Å². The zero-order valence-electron chi connectivity index (χ0n) is 14.1. The second kappa shape index (κ2) is 8.30. The summed E-state index contributed by atoms with van der Waals surface area (Å²) >= 11 is 1.88. The van der Waals surface area contributed by atoms with Gasteiger partial charge in [0.25, 0.3) is 0 Å². The number of nitrogens with zero attached hydrogens (tertiary/aromatic N) is 1. The van der Waals surface area contributed by atoms with Crippen LogP contribution in [0.1, 0.15) is 57.4 Å². The van der Waals surface area contributed by atoms with Crippen molar-refractivity contribution in [3.05, 3.63) is 22.4 Å². The Kier molecular flexibility index (Phi) is 6.72. The highest BCUT2D eigenvalue weighted by atomic mass is 32.1. The van der Waals surface area contributed by atoms with E-state index >= 15 is 0 Å². The first kappa shape index (κ1) is 17.0. The van der Waals surface area contributed by atoms with Crippen molar-refractivity contribution >= 4 is 11.3 Å². The molecule has 4 atom stereocenters. The van der Waals surface area contributed by atoms with Gasteiger partial charge in [-0.25, -0.2) is 0 Å². The molecule has 120 valence electrons. The minimum atomic E-state index is 0.536. The molecule has 1 N–H and O–H groups in total. The van der Waals surface area contributed by atoms with Crippen molar-refractivity contribution in [2.24, 2.45) is 11.8 Å². The highest BCUT2D eigenvalue weighted by molar-refractivity contribution is 7.10. The number of hydrogen-bond acceptors (Lipinski definition) is 3. The van der Waals surface area contributed by atoms with Crippen LogP contribution in [-0.2, 0) is 0 Å². The van der Waals surface area contributed by atoms with E-state index in [0.29, 0.717) is 6.04 Å². The van der Waals surface area contributed by atoms with Crippen LogP contribution in [0.5, 0.6) is 0 Å². The second-order valence-electron chi connectivity index (χ2n) is 6.87. The minimum absolute atomic E-state index is 0.536. The number of nitrogens with one attached hydrogen (secondary N) is 1. The molecular formula is C18H32N2S. The van der Waals surface area contributed by atoms with Gasteiger partial charge in [-0.15, -0.1) is 11.3 Å². The maximum absolute atomic E-state index is 3.80. The van der Waals surface area contributed by atoms with E-state index < -0.39 is 0 Å². The van der Waals surface area contributed by atoms with E-state index in [4.69, 9.17) is 0 Å². The van der Waals surface area contributed by atoms with E-state index in [-0.39, 0.29) is 0 Å². The molecular weight excluding hydrogens is 276 g/mol. The predicted octanol–water partition coefficient (Wildman–Crippen LogP) is 4.55. The molecule has 1 aromatic rings. The van der Waals surface area contributed by atoms with E-state index in [0.717, 1.165) is 17.9 Å². The first-order chi connectivity index (χ1) is 10.1. The summed E-state index contributed by atoms with van der Waals surface area (Å²) in [6.45, 7) is 9.40. The summed E-state index contributed by atoms with van der Waals surface area (Å²) in [6.07, 6.45) is 5.36. The molecule has 0 saturated heterocycles. The largest absolute Gasteiger partial charge is 0.314 e. The Morgan fingerprint density at radius 1 is 1.43 bits per heavy atom. The maximum atomic E-state index is 3.80. The van der Waals surface area contributed by atoms with E-state index in [1.165, 1.54) is 43.6 Å². The zero-order chi connectivity index (χ0) is 15.2. The van der Waals surface area contributed by atoms with E-state index in [1.54, 1.807) is 0 Å². The number of hydrogen-bond donors (Lipinski definition) is 1. The summed E-state index contributed by atoms with van der Waals surface area (Å²) < 4.78 is 0. The van der Waals surface area contributed by atoms with Crippen molar-refractivity contribution in [3.63, 3.8) is 0 Å². The summed E-state index contributed by atoms with van der Waals surface area (Å²) in [6, 6.07) is 5.69. The van der Waals surface area contributed by atoms with Crippen molar-refractivity contribution in [2.45, 2.75) is 58.5 Å². The van der Waals surface area contributed by atoms with Gasteiger partial charge in [0.05, 0.1) is 0 Å². The predicted molar refractivity (Wildman–Crippen MR) is 94.0 cm³/mol. The first-order valence-corrected chi connectivity index (χ1v) is 9.46. The summed E-state index contributed by atoms with van der Waals surface area (Å²) in [4.78, 5) is 4.04. The van der Waals surface area contributed by atoms with Crippen molar-refractivity contribution in [1.82, 2.24) is 10.2 Å². The molecule has 3 heteroatoms. The lowest BCUT2D eigenvalue weighted by Crippen LogP contribution is -2.45. The molecule has 0 aromatic carbocycles. The topological polar surface area (TPSA) is 15.3 Å². The van der Waals surface area contributed by atoms with Gasteiger partial charge in [0.2, 0.25) is 0 Å². The molecule has 1 saturated carbocycles. The van der Waals surface area contributed by atoms with Gasteiger partial charge in [0.1, 0.15) is 0 Å². The number of thiophene rings is 1. The quantitative estimate of drug-likeness (QED) is 0.795. The third-order valence-electron chi connectivity index (χ3n) is 5.04. The standard InChI is InChI=1S/C18H32N2S/c1-5-10-19-17-9-8-14(2)12-16(17)13-20(4)15(3)18-7-6-11-21-18/h6-7,11,14-17,19H,5,8-10,12-13H2,1-4H3. The summed E-state index contributed by atoms with van der Waals surface area (Å²) in [5.74, 6) is 1.69. The Morgan fingerprint density at radius 2 is 2.24 bits per heavy atom. The van der Waals surface area contributed by atoms with Crippen molar-refractivity contribution in [3.8, 4) is 0 Å². The molecule has 21 heavy (non-hydrogen) atoms. The van der Waals surface area contributed by atoms with E-state index in [2.05, 4.69) is 55.5 Å². The van der Waals surface area contributed by atoms with E-state index in [1.807, 2.05) is 11.3 Å². The molecule has 0 amide bonds. The van der Waals surface area contributed by atoms with Gasteiger partial charge < -0.3 is 5.32 Å². The van der Waals surface area contributed by atoms with Crippen LogP contribution in [-0.4, -0.2) is 31.1 Å². The highest BCUT2D eigenvalue weighted by Crippen LogP contribution is 2.32. The molecule has 1 aromatic heterocycles. The molecule has 0 bridgehead atoms. The first-order valence-electron chi connectivity index (χ1n) is 8.58. The fourth-order valence-electron chi connectivity index (χ4n) is 3.57. The van der Waals surface area contributed by atoms with Crippen molar-refractivity contribution in [2.75, 3.05) is 20.1 Å². The average molecular weight is 309 g/mol. The molecule has 1 aliphatic rings. The van der Waals surface area contributed by atoms with Crippen LogP contribution in [0.2, 0.25) is 0 Å². The highest BCUT2D eigenvalue weighted by Gasteiger charge is 2.30. The van der Waals surface area contributed by atoms with Gasteiger partial charge in [0.15, 0.2) is 0 Å². The van der Waals surface area contributed by atoms with Crippen molar-refractivity contribution in [1.29, 1.82) is 0 Å². The minimum Gasteiger partial charge on any atom is -0.314 e. The Balaban J connectivity index is 1.93. The Labute approximate surface area is 134 Å². The lowest BCUT2D eigenvalue weighted by Gasteiger charge is -2.39. The van der Waals surface area contributed by atoms with Crippen LogP contribution < -0.4 is 5.32 Å². The summed E-state index contributed by atoms with van der Waals surface area (Å²) in [5, 5.41) is 5.99. The smallest absolute Gasteiger partial charge is 0.0410 e. The lowest BCUT2D eigenvalue weighted by molar-refractivity contribution is 0.140. The molecule has 2 nitrogen and oxygen atoms in total. The third kappa shape index (κ3) is 4.80. The van der Waals surface area contributed by atoms with Gasteiger partial charge in [0, 0.05) is 23.5 Å². The Morgan fingerprint density at radius 3 is 2.90 bits per heavy atom. The van der Waals surface area contributed by atoms with Crippen LogP contribution in [0.15, 0.2) is 17.5 Å². The average Bonchev–Trinajstić information content (AvgIpc) is 2.99. The van der Waals surface area contributed by atoms with E-state index in [9.17, 15) is 0 Å². The molecule has 1 heterocycles. The monoisotopic (exact) mass is 308 g/mol. The molecule has 1 fully saturated rings. The van der Waals surface area contributed by atoms with Crippen molar-refractivity contribution < 1.29 is 0 Å². The van der Waals surface area contributed by atoms with Crippen LogP contribution in [0.4, 0.5) is 0 Å². The van der Waals surface area contributed by atoms with Gasteiger partial charge >= 0.3 is 0 Å². The van der Waals surface area contributed by atoms with Gasteiger partial charge in [-0.2, -0.15) is 0 Å². The molecule has 0 spiro atoms. The Hall–Kier alpha value is -0.380. The number of rotatable bonds is 7. The summed E-state index contributed by atoms with van der Waals surface area (Å²) in [5.41, 5.74) is 0. The molecule has 2 rings (SSSR count). The third-order valence-corrected chi connectivity index (χ3v) is 6.08. The fourth-order valence-corrected chi connectivity index (χ4v) is 4.42. The molecule has 1 aliphatic carbocycles. The van der Waals surface area contributed by atoms with Crippen LogP contribution in [0.25, 0.3) is 0 Å². The lowest BCUT2D eigenvalue weighted by atomic mass is 9.78. The summed E-state index contributed by atoms with van der Waals surface area (Å²) in [7, 11) is 2.29. The zero-order valence-corrected chi connectivity index (χ0v) is 15.0. The van der Waals surface area contributed by atoms with Gasteiger partial charge in [-0.1, -0.05) is 19.9 Å². The molecule has 0 aliphatic heterocycles. The molecule has 0 radical (unpaired) electrons.